The maximum absolute atomic E-state index is 5.23. The van der Waals surface area contributed by atoms with Gasteiger partial charge in [-0.25, -0.2) is 9.97 Å². The van der Waals surface area contributed by atoms with Crippen LogP contribution in [0.2, 0.25) is 0 Å². The molecular weight excluding hydrogens is 641 g/mol. The molecule has 246 valence electrons. The first-order chi connectivity index (χ1) is 24.9. The van der Waals surface area contributed by atoms with Crippen LogP contribution >= 0.6 is 11.3 Å². The van der Waals surface area contributed by atoms with E-state index in [1.54, 1.807) is 11.3 Å². The van der Waals surface area contributed by atoms with Crippen LogP contribution in [0.3, 0.4) is 0 Å². The van der Waals surface area contributed by atoms with Crippen molar-refractivity contribution in [3.05, 3.63) is 145 Å². The molecule has 0 fully saturated rings. The summed E-state index contributed by atoms with van der Waals surface area (Å²) in [4.78, 5) is 20.7. The summed E-state index contributed by atoms with van der Waals surface area (Å²) < 4.78 is 2.32. The van der Waals surface area contributed by atoms with Gasteiger partial charge in [0.15, 0.2) is 5.82 Å². The summed E-state index contributed by atoms with van der Waals surface area (Å²) in [5, 5.41) is 3.40. The Labute approximate surface area is 301 Å². The Morgan fingerprint density at radius 2 is 1.10 bits per heavy atom. The molecule has 0 aliphatic carbocycles. The second kappa shape index (κ2) is 12.5. The molecule has 0 radical (unpaired) electrons. The highest BCUT2D eigenvalue weighted by Gasteiger charge is 2.18. The van der Waals surface area contributed by atoms with Gasteiger partial charge in [0.05, 0.1) is 26.9 Å². The lowest BCUT2D eigenvalue weighted by Gasteiger charge is -2.15. The predicted molar refractivity (Wildman–Crippen MR) is 215 cm³/mol. The molecule has 0 atom stereocenters. The first-order valence-electron chi connectivity index (χ1n) is 17.6. The SMILES string of the molecule is CC(C)c1ccc2ccc3c(-c4cccc(-c5cccc(-c6nc(-c7ccccc7)nc7c6sc6ccccc67)c5)c4)cc(C(C)C)nc3c2n1. The summed E-state index contributed by atoms with van der Waals surface area (Å²) in [5.74, 6) is 1.35. The van der Waals surface area contributed by atoms with E-state index in [9.17, 15) is 0 Å². The zero-order valence-electron chi connectivity index (χ0n) is 29.1. The monoisotopic (exact) mass is 676 g/mol. The highest BCUT2D eigenvalue weighted by Crippen LogP contribution is 2.41. The third kappa shape index (κ3) is 5.55. The summed E-state index contributed by atoms with van der Waals surface area (Å²) in [6.45, 7) is 8.80. The first kappa shape index (κ1) is 31.2. The largest absolute Gasteiger partial charge is 0.250 e. The molecule has 0 amide bonds. The van der Waals surface area contributed by atoms with E-state index in [2.05, 4.69) is 143 Å². The average Bonchev–Trinajstić information content (AvgIpc) is 3.56. The lowest BCUT2D eigenvalue weighted by Crippen LogP contribution is -1.99. The third-order valence-electron chi connectivity index (χ3n) is 9.76. The molecule has 9 aromatic rings. The van der Waals surface area contributed by atoms with Gasteiger partial charge in [-0.1, -0.05) is 131 Å². The number of hydrogen-bond donors (Lipinski definition) is 0. The molecule has 51 heavy (non-hydrogen) atoms. The van der Waals surface area contributed by atoms with Gasteiger partial charge in [-0.15, -0.1) is 11.3 Å². The molecule has 0 bridgehead atoms. The zero-order chi connectivity index (χ0) is 34.6. The molecule has 0 spiro atoms. The summed E-state index contributed by atoms with van der Waals surface area (Å²) in [5.41, 5.74) is 12.8. The molecule has 0 unspecified atom stereocenters. The van der Waals surface area contributed by atoms with E-state index in [1.165, 1.54) is 10.3 Å². The predicted octanol–water partition coefficient (Wildman–Crippen LogP) is 12.9. The van der Waals surface area contributed by atoms with Gasteiger partial charge in [-0.05, 0) is 64.4 Å². The van der Waals surface area contributed by atoms with E-state index >= 15 is 0 Å². The van der Waals surface area contributed by atoms with Crippen molar-refractivity contribution in [3.8, 4) is 44.9 Å². The molecule has 4 aromatic heterocycles. The minimum atomic E-state index is 0.274. The van der Waals surface area contributed by atoms with Crippen molar-refractivity contribution in [1.29, 1.82) is 0 Å². The maximum Gasteiger partial charge on any atom is 0.160 e. The molecule has 4 heterocycles. The Balaban J connectivity index is 1.20. The highest BCUT2D eigenvalue weighted by molar-refractivity contribution is 7.26. The molecule has 0 aliphatic rings. The van der Waals surface area contributed by atoms with Gasteiger partial charge in [0.2, 0.25) is 0 Å². The first-order valence-corrected chi connectivity index (χ1v) is 18.4. The van der Waals surface area contributed by atoms with Crippen molar-refractivity contribution in [3.63, 3.8) is 0 Å². The van der Waals surface area contributed by atoms with Crippen LogP contribution in [0, 0.1) is 0 Å². The lowest BCUT2D eigenvalue weighted by molar-refractivity contribution is 0.826. The van der Waals surface area contributed by atoms with E-state index in [-0.39, 0.29) is 5.92 Å². The van der Waals surface area contributed by atoms with Crippen molar-refractivity contribution in [2.24, 2.45) is 0 Å². The second-order valence-corrected chi connectivity index (χ2v) is 14.9. The van der Waals surface area contributed by atoms with Crippen molar-refractivity contribution in [2.75, 3.05) is 0 Å². The number of hydrogen-bond acceptors (Lipinski definition) is 5. The number of thiophene rings is 1. The molecule has 9 rings (SSSR count). The fourth-order valence-electron chi connectivity index (χ4n) is 6.98. The van der Waals surface area contributed by atoms with Gasteiger partial charge in [0.25, 0.3) is 0 Å². The lowest BCUT2D eigenvalue weighted by atomic mass is 9.93. The smallest absolute Gasteiger partial charge is 0.160 e. The van der Waals surface area contributed by atoms with Gasteiger partial charge >= 0.3 is 0 Å². The molecule has 0 saturated heterocycles. The summed E-state index contributed by atoms with van der Waals surface area (Å²) in [6, 6.07) is 47.4. The molecule has 0 aliphatic heterocycles. The number of pyridine rings is 2. The molecular formula is C46H36N4S. The maximum atomic E-state index is 5.23. The second-order valence-electron chi connectivity index (χ2n) is 13.9. The number of fused-ring (bicyclic) bond motifs is 6. The van der Waals surface area contributed by atoms with E-state index in [0.29, 0.717) is 5.92 Å². The average molecular weight is 677 g/mol. The zero-order valence-corrected chi connectivity index (χ0v) is 29.9. The van der Waals surface area contributed by atoms with Gasteiger partial charge in [0, 0.05) is 43.4 Å². The number of nitrogens with zero attached hydrogens (tertiary/aromatic N) is 4. The summed E-state index contributed by atoms with van der Waals surface area (Å²) >= 11 is 1.76. The molecule has 4 nitrogen and oxygen atoms in total. The van der Waals surface area contributed by atoms with E-state index in [0.717, 1.165) is 88.1 Å². The van der Waals surface area contributed by atoms with Crippen molar-refractivity contribution in [1.82, 2.24) is 19.9 Å². The van der Waals surface area contributed by atoms with E-state index in [1.807, 2.05) is 18.2 Å². The van der Waals surface area contributed by atoms with Gasteiger partial charge in [0.1, 0.15) is 0 Å². The van der Waals surface area contributed by atoms with Crippen molar-refractivity contribution in [2.45, 2.75) is 39.5 Å². The van der Waals surface area contributed by atoms with E-state index < -0.39 is 0 Å². The summed E-state index contributed by atoms with van der Waals surface area (Å²) in [6.07, 6.45) is 0. The number of benzene rings is 5. The minimum Gasteiger partial charge on any atom is -0.250 e. The fourth-order valence-corrected chi connectivity index (χ4v) is 8.13. The fraction of sp³-hybridized carbons (Fsp3) is 0.130. The van der Waals surface area contributed by atoms with Crippen LogP contribution in [0.4, 0.5) is 0 Å². The van der Waals surface area contributed by atoms with E-state index in [4.69, 9.17) is 19.9 Å². The summed E-state index contributed by atoms with van der Waals surface area (Å²) in [7, 11) is 0. The molecule has 0 N–H and O–H groups in total. The normalized spacial score (nSPS) is 11.9. The van der Waals surface area contributed by atoms with Crippen molar-refractivity contribution < 1.29 is 0 Å². The van der Waals surface area contributed by atoms with Gasteiger partial charge in [-0.3, -0.25) is 9.97 Å². The number of aromatic nitrogens is 4. The Morgan fingerprint density at radius 1 is 0.451 bits per heavy atom. The van der Waals surface area contributed by atoms with Crippen LogP contribution in [-0.4, -0.2) is 19.9 Å². The minimum absolute atomic E-state index is 0.274. The number of rotatable bonds is 6. The Bertz CT molecular complexity index is 2760. The highest BCUT2D eigenvalue weighted by atomic mass is 32.1. The topological polar surface area (TPSA) is 51.6 Å². The Morgan fingerprint density at radius 3 is 1.88 bits per heavy atom. The Kier molecular flexibility index (Phi) is 7.66. The quantitative estimate of drug-likeness (QED) is 0.165. The van der Waals surface area contributed by atoms with Gasteiger partial charge in [-0.2, -0.15) is 0 Å². The molecule has 5 aromatic carbocycles. The van der Waals surface area contributed by atoms with Crippen LogP contribution in [0.25, 0.3) is 87.0 Å². The van der Waals surface area contributed by atoms with Crippen molar-refractivity contribution >= 4 is 53.4 Å². The standard InChI is InChI=1S/C46H36N4S/c1-27(2)38-23-21-29-20-22-35-37(26-39(28(3)4)48-43(35)41(29)47-38)33-16-10-14-31(24-33)32-15-11-17-34(25-32)42-45-44(36-18-8-9-19-40(36)51-45)50-46(49-42)30-12-6-5-7-13-30/h5-28H,1-4H3. The van der Waals surface area contributed by atoms with Crippen LogP contribution in [0.1, 0.15) is 50.9 Å². The van der Waals surface area contributed by atoms with Crippen LogP contribution in [-0.2, 0) is 0 Å². The van der Waals surface area contributed by atoms with Gasteiger partial charge < -0.3 is 0 Å². The van der Waals surface area contributed by atoms with Crippen LogP contribution in [0.5, 0.6) is 0 Å². The molecule has 0 saturated carbocycles. The molecule has 5 heteroatoms. The van der Waals surface area contributed by atoms with Crippen LogP contribution in [0.15, 0.2) is 133 Å². The van der Waals surface area contributed by atoms with Crippen LogP contribution < -0.4 is 0 Å². The third-order valence-corrected chi connectivity index (χ3v) is 10.9. The Hall–Kier alpha value is -5.78.